The Labute approximate surface area is 256 Å². The van der Waals surface area contributed by atoms with Gasteiger partial charge in [-0.2, -0.15) is 0 Å². The molecular formula is C42H52. The van der Waals surface area contributed by atoms with Crippen molar-refractivity contribution in [1.29, 1.82) is 0 Å². The summed E-state index contributed by atoms with van der Waals surface area (Å²) < 4.78 is 0. The van der Waals surface area contributed by atoms with Crippen LogP contribution in [0.15, 0.2) is 121 Å². The fraction of sp³-hybridized carbons (Fsp3) is 0.429. The van der Waals surface area contributed by atoms with Gasteiger partial charge in [0.25, 0.3) is 0 Å². The van der Waals surface area contributed by atoms with Crippen LogP contribution in [-0.2, 0) is 12.8 Å². The SMILES string of the molecule is c1ccc(C(CC2CCCCC2)CC2CCCCC2)cc1.c1ccc(CC(Cc2ccccc2)c2ccccc2)cc1. The average Bonchev–Trinajstić information content (AvgIpc) is 3.07. The van der Waals surface area contributed by atoms with Crippen molar-refractivity contribution in [3.63, 3.8) is 0 Å². The maximum Gasteiger partial charge on any atom is -0.00810 e. The van der Waals surface area contributed by atoms with Crippen molar-refractivity contribution in [2.75, 3.05) is 0 Å². The zero-order valence-corrected chi connectivity index (χ0v) is 25.8. The molecule has 0 heterocycles. The third-order valence-corrected chi connectivity index (χ3v) is 9.88. The lowest BCUT2D eigenvalue weighted by Crippen LogP contribution is -2.16. The monoisotopic (exact) mass is 556 g/mol. The van der Waals surface area contributed by atoms with Gasteiger partial charge in [0.05, 0.1) is 0 Å². The summed E-state index contributed by atoms with van der Waals surface area (Å²) in [5.74, 6) is 3.37. The predicted octanol–water partition coefficient (Wildman–Crippen LogP) is 12.0. The van der Waals surface area contributed by atoms with Crippen molar-refractivity contribution in [3.05, 3.63) is 144 Å². The Morgan fingerprint density at radius 1 is 0.381 bits per heavy atom. The first-order chi connectivity index (χ1) is 20.8. The van der Waals surface area contributed by atoms with E-state index in [1.54, 1.807) is 5.56 Å². The van der Waals surface area contributed by atoms with E-state index >= 15 is 0 Å². The van der Waals surface area contributed by atoms with Crippen molar-refractivity contribution in [1.82, 2.24) is 0 Å². The quantitative estimate of drug-likeness (QED) is 0.182. The predicted molar refractivity (Wildman–Crippen MR) is 181 cm³/mol. The molecule has 0 aromatic heterocycles. The minimum atomic E-state index is 0.524. The van der Waals surface area contributed by atoms with E-state index < -0.39 is 0 Å². The molecule has 2 aliphatic carbocycles. The molecule has 2 aliphatic rings. The van der Waals surface area contributed by atoms with Crippen molar-refractivity contribution in [3.8, 4) is 0 Å². The van der Waals surface area contributed by atoms with Crippen LogP contribution in [0.4, 0.5) is 0 Å². The second-order valence-corrected chi connectivity index (χ2v) is 13.1. The largest absolute Gasteiger partial charge is 0.0622 e. The number of benzene rings is 4. The molecule has 0 atom stereocenters. The molecule has 0 N–H and O–H groups in total. The average molecular weight is 557 g/mol. The lowest BCUT2D eigenvalue weighted by Gasteiger charge is -2.31. The van der Waals surface area contributed by atoms with Crippen molar-refractivity contribution < 1.29 is 0 Å². The number of rotatable bonds is 10. The highest BCUT2D eigenvalue weighted by molar-refractivity contribution is 5.27. The van der Waals surface area contributed by atoms with E-state index in [0.717, 1.165) is 30.6 Å². The summed E-state index contributed by atoms with van der Waals surface area (Å²) in [6.45, 7) is 0. The van der Waals surface area contributed by atoms with E-state index in [-0.39, 0.29) is 0 Å². The maximum absolute atomic E-state index is 2.39. The Morgan fingerprint density at radius 2 is 0.714 bits per heavy atom. The van der Waals surface area contributed by atoms with E-state index in [9.17, 15) is 0 Å². The highest BCUT2D eigenvalue weighted by Crippen LogP contribution is 2.39. The summed E-state index contributed by atoms with van der Waals surface area (Å²) in [4.78, 5) is 0. The van der Waals surface area contributed by atoms with Gasteiger partial charge in [0.1, 0.15) is 0 Å². The van der Waals surface area contributed by atoms with Crippen molar-refractivity contribution in [2.24, 2.45) is 11.8 Å². The van der Waals surface area contributed by atoms with Crippen LogP contribution in [0.25, 0.3) is 0 Å². The van der Waals surface area contributed by atoms with Crippen LogP contribution in [0, 0.1) is 11.8 Å². The summed E-state index contributed by atoms with van der Waals surface area (Å²) in [5.41, 5.74) is 5.85. The van der Waals surface area contributed by atoms with Crippen LogP contribution >= 0.6 is 0 Å². The lowest BCUT2D eigenvalue weighted by molar-refractivity contribution is 0.268. The molecular weight excluding hydrogens is 504 g/mol. The second kappa shape index (κ2) is 17.1. The molecule has 4 aromatic rings. The van der Waals surface area contributed by atoms with Crippen LogP contribution in [0.5, 0.6) is 0 Å². The number of hydrogen-bond donors (Lipinski definition) is 0. The third kappa shape index (κ3) is 10.0. The molecule has 0 amide bonds. The van der Waals surface area contributed by atoms with Gasteiger partial charge in [-0.05, 0) is 71.6 Å². The third-order valence-electron chi connectivity index (χ3n) is 9.88. The fourth-order valence-corrected chi connectivity index (χ4v) is 7.57. The summed E-state index contributed by atoms with van der Waals surface area (Å²) in [7, 11) is 0. The highest BCUT2D eigenvalue weighted by Gasteiger charge is 2.24. The standard InChI is InChI=1S/C21H32.C21H20/c2*1-4-10-18(11-5-1)16-21(20-14-8-3-9-15-20)17-19-12-6-2-7-13-19/h3,8-9,14-15,18-19,21H,1-2,4-7,10-13,16-17H2;1-15,21H,16-17H2. The van der Waals surface area contributed by atoms with Crippen LogP contribution in [0.3, 0.4) is 0 Å². The van der Waals surface area contributed by atoms with E-state index in [1.807, 2.05) is 0 Å². The van der Waals surface area contributed by atoms with Gasteiger partial charge in [-0.3, -0.25) is 0 Å². The Balaban J connectivity index is 0.000000168. The molecule has 0 spiro atoms. The molecule has 0 heteroatoms. The van der Waals surface area contributed by atoms with Gasteiger partial charge >= 0.3 is 0 Å². The molecule has 220 valence electrons. The summed E-state index contributed by atoms with van der Waals surface area (Å²) in [5, 5.41) is 0. The van der Waals surface area contributed by atoms with Gasteiger partial charge in [-0.15, -0.1) is 0 Å². The molecule has 6 rings (SSSR count). The first kappa shape index (κ1) is 30.3. The van der Waals surface area contributed by atoms with Crippen LogP contribution in [-0.4, -0.2) is 0 Å². The first-order valence-corrected chi connectivity index (χ1v) is 17.0. The smallest absolute Gasteiger partial charge is 0.00810 e. The molecule has 0 aliphatic heterocycles. The maximum atomic E-state index is 2.39. The highest BCUT2D eigenvalue weighted by atomic mass is 14.3. The second-order valence-electron chi connectivity index (χ2n) is 13.1. The molecule has 2 fully saturated rings. The van der Waals surface area contributed by atoms with Gasteiger partial charge in [0.2, 0.25) is 0 Å². The van der Waals surface area contributed by atoms with E-state index in [2.05, 4.69) is 121 Å². The zero-order chi connectivity index (χ0) is 28.7. The molecule has 0 bridgehead atoms. The normalized spacial score (nSPS) is 16.2. The van der Waals surface area contributed by atoms with Crippen molar-refractivity contribution in [2.45, 2.75) is 102 Å². The molecule has 0 nitrogen and oxygen atoms in total. The van der Waals surface area contributed by atoms with E-state index in [1.165, 1.54) is 93.7 Å². The minimum Gasteiger partial charge on any atom is -0.0622 e. The molecule has 4 aromatic carbocycles. The van der Waals surface area contributed by atoms with Gasteiger partial charge in [0.15, 0.2) is 0 Å². The van der Waals surface area contributed by atoms with Gasteiger partial charge in [-0.1, -0.05) is 186 Å². The number of hydrogen-bond acceptors (Lipinski definition) is 0. The topological polar surface area (TPSA) is 0 Å². The molecule has 42 heavy (non-hydrogen) atoms. The Bertz CT molecular complexity index is 1160. The minimum absolute atomic E-state index is 0.524. The fourth-order valence-electron chi connectivity index (χ4n) is 7.57. The molecule has 0 saturated heterocycles. The lowest BCUT2D eigenvalue weighted by atomic mass is 9.75. The van der Waals surface area contributed by atoms with Crippen molar-refractivity contribution >= 4 is 0 Å². The van der Waals surface area contributed by atoms with Gasteiger partial charge < -0.3 is 0 Å². The van der Waals surface area contributed by atoms with Gasteiger partial charge in [0, 0.05) is 0 Å². The zero-order valence-electron chi connectivity index (χ0n) is 25.8. The van der Waals surface area contributed by atoms with E-state index in [4.69, 9.17) is 0 Å². The molecule has 2 saturated carbocycles. The van der Waals surface area contributed by atoms with Crippen LogP contribution in [0.1, 0.15) is 111 Å². The Kier molecular flexibility index (Phi) is 12.4. The molecule has 0 unspecified atom stereocenters. The summed E-state index contributed by atoms with van der Waals surface area (Å²) in [6, 6.07) is 43.8. The molecule has 0 radical (unpaired) electrons. The van der Waals surface area contributed by atoms with Crippen LogP contribution in [0.2, 0.25) is 0 Å². The van der Waals surface area contributed by atoms with E-state index in [0.29, 0.717) is 5.92 Å². The summed E-state index contributed by atoms with van der Waals surface area (Å²) >= 11 is 0. The first-order valence-electron chi connectivity index (χ1n) is 17.0. The van der Waals surface area contributed by atoms with Gasteiger partial charge in [-0.25, -0.2) is 0 Å². The Hall–Kier alpha value is -3.12. The summed E-state index contributed by atoms with van der Waals surface area (Å²) in [6.07, 6.45) is 19.9. The van der Waals surface area contributed by atoms with Crippen LogP contribution < -0.4 is 0 Å². The Morgan fingerprint density at radius 3 is 1.10 bits per heavy atom.